The molecule has 0 bridgehead atoms. The summed E-state index contributed by atoms with van der Waals surface area (Å²) in [5.74, 6) is 5.43. The topological polar surface area (TPSA) is 74.5 Å². The first-order chi connectivity index (χ1) is 9.13. The zero-order valence-corrected chi connectivity index (χ0v) is 11.5. The molecule has 1 amide bonds. The Bertz CT molecular complexity index is 448. The Morgan fingerprint density at radius 1 is 1.58 bits per heavy atom. The Hall–Kier alpha value is -1.66. The van der Waals surface area contributed by atoms with Gasteiger partial charge in [-0.15, -0.1) is 0 Å². The van der Waals surface area contributed by atoms with Crippen molar-refractivity contribution in [1.29, 1.82) is 0 Å². The maximum atomic E-state index is 12.5. The minimum atomic E-state index is -0.00685. The van der Waals surface area contributed by atoms with Crippen LogP contribution >= 0.6 is 0 Å². The van der Waals surface area contributed by atoms with E-state index in [1.807, 2.05) is 4.90 Å². The van der Waals surface area contributed by atoms with Gasteiger partial charge >= 0.3 is 0 Å². The van der Waals surface area contributed by atoms with Crippen LogP contribution in [-0.4, -0.2) is 53.9 Å². The van der Waals surface area contributed by atoms with E-state index < -0.39 is 0 Å². The molecule has 1 atom stereocenters. The van der Waals surface area contributed by atoms with E-state index in [9.17, 15) is 4.79 Å². The van der Waals surface area contributed by atoms with E-state index in [0.717, 1.165) is 25.9 Å². The summed E-state index contributed by atoms with van der Waals surface area (Å²) in [6.45, 7) is 1.55. The number of anilines is 1. The van der Waals surface area contributed by atoms with Crippen LogP contribution in [0, 0.1) is 0 Å². The zero-order chi connectivity index (χ0) is 13.8. The molecule has 2 heterocycles. The largest absolute Gasteiger partial charge is 0.337 e. The average molecular weight is 263 g/mol. The van der Waals surface area contributed by atoms with Crippen molar-refractivity contribution < 1.29 is 4.79 Å². The monoisotopic (exact) mass is 263 g/mol. The number of nitrogens with one attached hydrogen (secondary N) is 1. The second-order valence-electron chi connectivity index (χ2n) is 5.08. The molecular weight excluding hydrogens is 242 g/mol. The summed E-state index contributed by atoms with van der Waals surface area (Å²) in [5, 5.41) is 0. The number of pyridine rings is 1. The Kier molecular flexibility index (Phi) is 4.34. The molecule has 1 aromatic heterocycles. The SMILES string of the molecule is CN(C)C1CCCN(C(=O)c2cnccc2NN)C1. The van der Waals surface area contributed by atoms with E-state index in [2.05, 4.69) is 29.4 Å². The Morgan fingerprint density at radius 3 is 3.05 bits per heavy atom. The van der Waals surface area contributed by atoms with E-state index in [0.29, 0.717) is 17.3 Å². The van der Waals surface area contributed by atoms with E-state index in [-0.39, 0.29) is 5.91 Å². The van der Waals surface area contributed by atoms with Crippen molar-refractivity contribution in [2.75, 3.05) is 32.6 Å². The van der Waals surface area contributed by atoms with Gasteiger partial charge in [0.1, 0.15) is 0 Å². The van der Waals surface area contributed by atoms with Crippen LogP contribution in [0.25, 0.3) is 0 Å². The number of hydrogen-bond acceptors (Lipinski definition) is 5. The number of rotatable bonds is 3. The van der Waals surface area contributed by atoms with Gasteiger partial charge in [0.05, 0.1) is 11.3 Å². The number of nitrogens with two attached hydrogens (primary N) is 1. The quantitative estimate of drug-likeness (QED) is 0.615. The molecule has 6 nitrogen and oxygen atoms in total. The molecule has 19 heavy (non-hydrogen) atoms. The lowest BCUT2D eigenvalue weighted by atomic mass is 10.0. The van der Waals surface area contributed by atoms with E-state index in [4.69, 9.17) is 5.84 Å². The maximum absolute atomic E-state index is 12.5. The summed E-state index contributed by atoms with van der Waals surface area (Å²) < 4.78 is 0. The van der Waals surface area contributed by atoms with Crippen LogP contribution in [0.3, 0.4) is 0 Å². The van der Waals surface area contributed by atoms with Crippen LogP contribution in [0.5, 0.6) is 0 Å². The first-order valence-electron chi connectivity index (χ1n) is 6.50. The highest BCUT2D eigenvalue weighted by Crippen LogP contribution is 2.19. The molecule has 1 unspecified atom stereocenters. The van der Waals surface area contributed by atoms with E-state index in [1.165, 1.54) is 0 Å². The minimum absolute atomic E-state index is 0.00685. The van der Waals surface area contributed by atoms with Crippen molar-refractivity contribution in [3.05, 3.63) is 24.0 Å². The van der Waals surface area contributed by atoms with Gasteiger partial charge in [0.25, 0.3) is 5.91 Å². The van der Waals surface area contributed by atoms with Crippen molar-refractivity contribution in [3.63, 3.8) is 0 Å². The summed E-state index contributed by atoms with van der Waals surface area (Å²) in [6.07, 6.45) is 5.34. The molecule has 0 spiro atoms. The second-order valence-corrected chi connectivity index (χ2v) is 5.08. The van der Waals surface area contributed by atoms with Crippen molar-refractivity contribution >= 4 is 11.6 Å². The number of aromatic nitrogens is 1. The van der Waals surface area contributed by atoms with Gasteiger partial charge in [-0.25, -0.2) is 0 Å². The molecule has 1 aliphatic heterocycles. The number of likely N-dealkylation sites (N-methyl/N-ethyl adjacent to an activating group) is 1. The predicted octanol–water partition coefficient (Wildman–Crippen LogP) is 0.533. The molecule has 6 heteroatoms. The van der Waals surface area contributed by atoms with Gasteiger partial charge in [-0.2, -0.15) is 0 Å². The lowest BCUT2D eigenvalue weighted by Gasteiger charge is -2.36. The summed E-state index contributed by atoms with van der Waals surface area (Å²) in [5.41, 5.74) is 3.70. The van der Waals surface area contributed by atoms with Crippen LogP contribution in [0.4, 0.5) is 5.69 Å². The highest BCUT2D eigenvalue weighted by atomic mass is 16.2. The third kappa shape index (κ3) is 3.02. The standard InChI is InChI=1S/C13H21N5O/c1-17(2)10-4-3-7-18(9-10)13(19)11-8-15-6-5-12(11)16-14/h5-6,8,10H,3-4,7,9,14H2,1-2H3,(H,15,16). The summed E-state index contributed by atoms with van der Waals surface area (Å²) >= 11 is 0. The van der Waals surface area contributed by atoms with Gasteiger partial charge in [-0.05, 0) is 33.0 Å². The third-order valence-corrected chi connectivity index (χ3v) is 3.62. The zero-order valence-electron chi connectivity index (χ0n) is 11.5. The van der Waals surface area contributed by atoms with Crippen molar-refractivity contribution in [2.24, 2.45) is 5.84 Å². The number of carbonyl (C=O) groups is 1. The number of likely N-dealkylation sites (tertiary alicyclic amines) is 1. The van der Waals surface area contributed by atoms with Crippen molar-refractivity contribution in [3.8, 4) is 0 Å². The molecule has 0 aromatic carbocycles. The first kappa shape index (κ1) is 13.8. The highest BCUT2D eigenvalue weighted by molar-refractivity contribution is 5.99. The van der Waals surface area contributed by atoms with Gasteiger partial charge in [0.15, 0.2) is 0 Å². The molecule has 0 saturated carbocycles. The molecule has 2 rings (SSSR count). The van der Waals surface area contributed by atoms with Crippen LogP contribution in [-0.2, 0) is 0 Å². The summed E-state index contributed by atoms with van der Waals surface area (Å²) in [6, 6.07) is 2.13. The lowest BCUT2D eigenvalue weighted by molar-refractivity contribution is 0.0635. The van der Waals surface area contributed by atoms with Crippen LogP contribution in [0.15, 0.2) is 18.5 Å². The van der Waals surface area contributed by atoms with Gasteiger partial charge < -0.3 is 15.2 Å². The average Bonchev–Trinajstić information content (AvgIpc) is 2.46. The number of nitrogen functional groups attached to an aromatic ring is 1. The molecule has 1 aliphatic rings. The Labute approximate surface area is 113 Å². The van der Waals surface area contributed by atoms with Gasteiger partial charge in [0, 0.05) is 31.5 Å². The Morgan fingerprint density at radius 2 is 2.37 bits per heavy atom. The number of amides is 1. The summed E-state index contributed by atoms with van der Waals surface area (Å²) in [4.78, 5) is 20.6. The van der Waals surface area contributed by atoms with Gasteiger partial charge in [-0.3, -0.25) is 15.6 Å². The van der Waals surface area contributed by atoms with Crippen molar-refractivity contribution in [1.82, 2.24) is 14.8 Å². The maximum Gasteiger partial charge on any atom is 0.257 e. The molecule has 104 valence electrons. The smallest absolute Gasteiger partial charge is 0.257 e. The predicted molar refractivity (Wildman–Crippen MR) is 74.7 cm³/mol. The molecule has 1 aromatic rings. The van der Waals surface area contributed by atoms with Crippen LogP contribution in [0.2, 0.25) is 0 Å². The minimum Gasteiger partial charge on any atom is -0.337 e. The molecule has 0 radical (unpaired) electrons. The number of nitrogens with zero attached hydrogens (tertiary/aromatic N) is 3. The number of carbonyl (C=O) groups excluding carboxylic acids is 1. The van der Waals surface area contributed by atoms with Crippen LogP contribution < -0.4 is 11.3 Å². The fourth-order valence-electron chi connectivity index (χ4n) is 2.42. The normalized spacial score (nSPS) is 19.6. The van der Waals surface area contributed by atoms with E-state index >= 15 is 0 Å². The van der Waals surface area contributed by atoms with Crippen molar-refractivity contribution in [2.45, 2.75) is 18.9 Å². The molecule has 3 N–H and O–H groups in total. The molecular formula is C13H21N5O. The number of piperidine rings is 1. The second kappa shape index (κ2) is 5.99. The Balaban J connectivity index is 2.15. The van der Waals surface area contributed by atoms with E-state index in [1.54, 1.807) is 18.5 Å². The van der Waals surface area contributed by atoms with Crippen LogP contribution in [0.1, 0.15) is 23.2 Å². The fraction of sp³-hybridized carbons (Fsp3) is 0.538. The summed E-state index contributed by atoms with van der Waals surface area (Å²) in [7, 11) is 4.10. The number of hydrazine groups is 1. The first-order valence-corrected chi connectivity index (χ1v) is 6.50. The molecule has 1 fully saturated rings. The van der Waals surface area contributed by atoms with Gasteiger partial charge in [0.2, 0.25) is 0 Å². The third-order valence-electron chi connectivity index (χ3n) is 3.62. The molecule has 1 saturated heterocycles. The fourth-order valence-corrected chi connectivity index (χ4v) is 2.42. The number of hydrogen-bond donors (Lipinski definition) is 2. The van der Waals surface area contributed by atoms with Gasteiger partial charge in [-0.1, -0.05) is 0 Å². The molecule has 0 aliphatic carbocycles. The lowest BCUT2D eigenvalue weighted by Crippen LogP contribution is -2.47. The highest BCUT2D eigenvalue weighted by Gasteiger charge is 2.26.